The molecule has 0 spiro atoms. The lowest BCUT2D eigenvalue weighted by atomic mass is 10.3. The van der Waals surface area contributed by atoms with Gasteiger partial charge in [0.05, 0.1) is 4.91 Å². The molecule has 0 N–H and O–H groups in total. The molecular weight excluding hydrogens is 245 g/mol. The van der Waals surface area contributed by atoms with Crippen molar-refractivity contribution in [2.75, 3.05) is 6.61 Å². The smallest absolute Gasteiger partial charge is 0.220 e. The van der Waals surface area contributed by atoms with Crippen molar-refractivity contribution in [3.63, 3.8) is 0 Å². The molecular formula is C11H10FNO3S. The Labute approximate surface area is 98.4 Å². The van der Waals surface area contributed by atoms with Gasteiger partial charge in [-0.25, -0.2) is 17.8 Å². The van der Waals surface area contributed by atoms with Gasteiger partial charge in [-0.05, 0) is 19.1 Å². The van der Waals surface area contributed by atoms with Gasteiger partial charge in [0.2, 0.25) is 9.84 Å². The summed E-state index contributed by atoms with van der Waals surface area (Å²) in [4.78, 5) is 3.95. The molecule has 0 amide bonds. The number of sulfone groups is 1. The van der Waals surface area contributed by atoms with Crippen LogP contribution < -0.4 is 4.74 Å². The molecule has 0 fully saturated rings. The zero-order chi connectivity index (χ0) is 12.5. The molecule has 1 aromatic rings. The third-order valence-corrected chi connectivity index (χ3v) is 4.08. The summed E-state index contributed by atoms with van der Waals surface area (Å²) in [6.07, 6.45) is 1.28. The quantitative estimate of drug-likeness (QED) is 0.828. The number of allylic oxidation sites excluding steroid dienone is 1. The van der Waals surface area contributed by atoms with E-state index in [0.717, 1.165) is 0 Å². The van der Waals surface area contributed by atoms with Gasteiger partial charge in [-0.3, -0.25) is 0 Å². The van der Waals surface area contributed by atoms with E-state index in [1.165, 1.54) is 31.3 Å². The van der Waals surface area contributed by atoms with E-state index in [9.17, 15) is 12.8 Å². The van der Waals surface area contributed by atoms with Gasteiger partial charge >= 0.3 is 0 Å². The van der Waals surface area contributed by atoms with Crippen LogP contribution in [-0.2, 0) is 9.84 Å². The molecule has 0 bridgehead atoms. The van der Waals surface area contributed by atoms with Crippen LogP contribution in [0.5, 0.6) is 5.75 Å². The molecule has 0 unspecified atom stereocenters. The maximum atomic E-state index is 12.8. The monoisotopic (exact) mass is 255 g/mol. The van der Waals surface area contributed by atoms with Crippen LogP contribution in [0.4, 0.5) is 4.39 Å². The number of nitrogens with zero attached hydrogens (tertiary/aromatic N) is 1. The Morgan fingerprint density at radius 2 is 2.18 bits per heavy atom. The molecule has 90 valence electrons. The number of halogens is 1. The second kappa shape index (κ2) is 4.29. The fourth-order valence-electron chi connectivity index (χ4n) is 1.30. The fraction of sp³-hybridized carbons (Fsp3) is 0.182. The van der Waals surface area contributed by atoms with Crippen LogP contribution in [0.3, 0.4) is 0 Å². The van der Waals surface area contributed by atoms with Crippen LogP contribution in [-0.4, -0.2) is 20.1 Å². The van der Waals surface area contributed by atoms with Crippen molar-refractivity contribution in [2.24, 2.45) is 4.99 Å². The van der Waals surface area contributed by atoms with Crippen molar-refractivity contribution in [1.82, 2.24) is 0 Å². The minimum atomic E-state index is -3.45. The van der Waals surface area contributed by atoms with Crippen molar-refractivity contribution in [2.45, 2.75) is 6.92 Å². The molecule has 6 heteroatoms. The molecule has 2 rings (SSSR count). The number of benzene rings is 1. The van der Waals surface area contributed by atoms with Crippen molar-refractivity contribution < 1.29 is 17.5 Å². The number of rotatable bonds is 3. The van der Waals surface area contributed by atoms with Crippen molar-refractivity contribution in [3.8, 4) is 5.75 Å². The Bertz CT molecular complexity index is 605. The van der Waals surface area contributed by atoms with Crippen molar-refractivity contribution in [1.29, 1.82) is 0 Å². The lowest BCUT2D eigenvalue weighted by Crippen LogP contribution is -2.19. The van der Waals surface area contributed by atoms with E-state index in [4.69, 9.17) is 4.74 Å². The van der Waals surface area contributed by atoms with Crippen molar-refractivity contribution in [3.05, 3.63) is 41.2 Å². The second-order valence-corrected chi connectivity index (χ2v) is 5.63. The fourth-order valence-corrected chi connectivity index (χ4v) is 2.27. The molecule has 1 heterocycles. The molecule has 1 aliphatic heterocycles. The second-order valence-electron chi connectivity index (χ2n) is 3.51. The molecule has 0 saturated carbocycles. The highest BCUT2D eigenvalue weighted by Gasteiger charge is 2.26. The minimum absolute atomic E-state index is 0.0562. The van der Waals surface area contributed by atoms with Crippen LogP contribution in [0, 0.1) is 5.82 Å². The highest BCUT2D eigenvalue weighted by atomic mass is 32.2. The standard InChI is InChI=1S/C11H10FNO3S/c1-8-6-13-11(17(8,14)15)7-16-10-4-2-3-9(12)5-10/h2-6H,7H2,1H3. The van der Waals surface area contributed by atoms with Gasteiger partial charge in [0.1, 0.15) is 18.2 Å². The Morgan fingerprint density at radius 3 is 2.76 bits per heavy atom. The molecule has 4 nitrogen and oxygen atoms in total. The van der Waals surface area contributed by atoms with Crippen LogP contribution in [0.1, 0.15) is 6.92 Å². The van der Waals surface area contributed by atoms with E-state index in [1.807, 2.05) is 0 Å². The van der Waals surface area contributed by atoms with E-state index in [1.54, 1.807) is 6.07 Å². The first-order chi connectivity index (χ1) is 8.00. The molecule has 0 aromatic heterocycles. The van der Waals surface area contributed by atoms with Crippen molar-refractivity contribution >= 4 is 14.9 Å². The third kappa shape index (κ3) is 2.36. The highest BCUT2D eigenvalue weighted by molar-refractivity contribution is 8.10. The van der Waals surface area contributed by atoms with Gasteiger partial charge in [0.25, 0.3) is 0 Å². The van der Waals surface area contributed by atoms with E-state index in [-0.39, 0.29) is 22.3 Å². The number of ether oxygens (including phenoxy) is 1. The van der Waals surface area contributed by atoms with E-state index >= 15 is 0 Å². The van der Waals surface area contributed by atoms with Crippen LogP contribution in [0.15, 0.2) is 40.4 Å². The Hall–Kier alpha value is -1.69. The molecule has 17 heavy (non-hydrogen) atoms. The van der Waals surface area contributed by atoms with E-state index < -0.39 is 15.7 Å². The van der Waals surface area contributed by atoms with Gasteiger partial charge in [-0.2, -0.15) is 0 Å². The van der Waals surface area contributed by atoms with Gasteiger partial charge in [0.15, 0.2) is 5.04 Å². The zero-order valence-electron chi connectivity index (χ0n) is 9.05. The maximum absolute atomic E-state index is 12.8. The van der Waals surface area contributed by atoms with Crippen LogP contribution in [0.2, 0.25) is 0 Å². The Morgan fingerprint density at radius 1 is 1.41 bits per heavy atom. The summed E-state index contributed by atoms with van der Waals surface area (Å²) >= 11 is 0. The summed E-state index contributed by atoms with van der Waals surface area (Å²) in [5.41, 5.74) is 0. The minimum Gasteiger partial charge on any atom is -0.486 e. The van der Waals surface area contributed by atoms with Gasteiger partial charge in [0, 0.05) is 12.3 Å². The predicted molar refractivity (Wildman–Crippen MR) is 62.0 cm³/mol. The number of hydrogen-bond acceptors (Lipinski definition) is 4. The predicted octanol–water partition coefficient (Wildman–Crippen LogP) is 1.89. The van der Waals surface area contributed by atoms with E-state index in [2.05, 4.69) is 4.99 Å². The molecule has 1 aliphatic rings. The molecule has 0 aliphatic carbocycles. The zero-order valence-corrected chi connectivity index (χ0v) is 9.87. The Balaban J connectivity index is 2.07. The topological polar surface area (TPSA) is 55.7 Å². The SMILES string of the molecule is CC1=CN=C(COc2cccc(F)c2)S1(=O)=O. The van der Waals surface area contributed by atoms with Crippen LogP contribution in [0.25, 0.3) is 0 Å². The summed E-state index contributed by atoms with van der Waals surface area (Å²) in [6.45, 7) is 1.27. The van der Waals surface area contributed by atoms with Gasteiger partial charge in [-0.15, -0.1) is 0 Å². The average Bonchev–Trinajstić information content (AvgIpc) is 2.52. The summed E-state index contributed by atoms with van der Waals surface area (Å²) < 4.78 is 41.3. The van der Waals surface area contributed by atoms with Gasteiger partial charge in [-0.1, -0.05) is 6.07 Å². The number of aliphatic imine (C=N–C) groups is 1. The van der Waals surface area contributed by atoms with Crippen LogP contribution >= 0.6 is 0 Å². The van der Waals surface area contributed by atoms with E-state index in [0.29, 0.717) is 0 Å². The first-order valence-corrected chi connectivity index (χ1v) is 6.35. The normalized spacial score (nSPS) is 17.5. The summed E-state index contributed by atoms with van der Waals surface area (Å²) in [5.74, 6) is -0.166. The lowest BCUT2D eigenvalue weighted by molar-refractivity contribution is 0.376. The third-order valence-electron chi connectivity index (χ3n) is 2.28. The lowest BCUT2D eigenvalue weighted by Gasteiger charge is -2.06. The highest BCUT2D eigenvalue weighted by Crippen LogP contribution is 2.18. The molecule has 0 radical (unpaired) electrons. The Kier molecular flexibility index (Phi) is 2.97. The summed E-state index contributed by atoms with van der Waals surface area (Å²) in [7, 11) is -3.45. The largest absolute Gasteiger partial charge is 0.486 e. The summed E-state index contributed by atoms with van der Waals surface area (Å²) in [6, 6.07) is 5.50. The first kappa shape index (κ1) is 11.8. The summed E-state index contributed by atoms with van der Waals surface area (Å²) in [5, 5.41) is -0.0562. The molecule has 0 atom stereocenters. The first-order valence-electron chi connectivity index (χ1n) is 4.87. The number of hydrogen-bond donors (Lipinski definition) is 0. The average molecular weight is 255 g/mol. The van der Waals surface area contributed by atoms with Gasteiger partial charge < -0.3 is 4.74 Å². The maximum Gasteiger partial charge on any atom is 0.220 e. The molecule has 1 aromatic carbocycles. The molecule has 0 saturated heterocycles.